The molecule has 7 heteroatoms. The van der Waals surface area contributed by atoms with Gasteiger partial charge in [-0.1, -0.05) is 0 Å². The molecule has 0 aromatic carbocycles. The number of aryl methyl sites for hydroxylation is 1. The summed E-state index contributed by atoms with van der Waals surface area (Å²) >= 11 is 0. The smallest absolute Gasteiger partial charge is 0.269 e. The van der Waals surface area contributed by atoms with Gasteiger partial charge in [-0.15, -0.1) is 0 Å². The van der Waals surface area contributed by atoms with Crippen molar-refractivity contribution in [3.8, 4) is 0 Å². The molecule has 0 saturated carbocycles. The van der Waals surface area contributed by atoms with E-state index in [2.05, 4.69) is 32.4 Å². The molecule has 2 aromatic heterocycles. The van der Waals surface area contributed by atoms with Crippen molar-refractivity contribution in [2.45, 2.75) is 25.0 Å². The molecule has 2 aliphatic heterocycles. The minimum Gasteiger partial charge on any atom is -0.372 e. The maximum Gasteiger partial charge on any atom is 0.269 e. The number of nitrogens with zero attached hydrogens (tertiary/aromatic N) is 4. The molecule has 2 aliphatic rings. The van der Waals surface area contributed by atoms with Gasteiger partial charge < -0.3 is 10.1 Å². The fourth-order valence-electron chi connectivity index (χ4n) is 4.16. The number of ether oxygens (including phenoxy) is 1. The molecule has 26 heavy (non-hydrogen) atoms. The third-order valence-electron chi connectivity index (χ3n) is 5.57. The first kappa shape index (κ1) is 17.2. The van der Waals surface area contributed by atoms with Crippen molar-refractivity contribution in [1.82, 2.24) is 25.0 Å². The van der Waals surface area contributed by atoms with Crippen LogP contribution in [-0.4, -0.2) is 57.4 Å². The highest BCUT2D eigenvalue weighted by Crippen LogP contribution is 2.41. The lowest BCUT2D eigenvalue weighted by Gasteiger charge is -2.50. The number of aromatic nitrogens is 3. The monoisotopic (exact) mass is 355 g/mol. The van der Waals surface area contributed by atoms with Crippen molar-refractivity contribution in [1.29, 1.82) is 0 Å². The summed E-state index contributed by atoms with van der Waals surface area (Å²) in [6, 6.07) is 5.86. The fourth-order valence-corrected chi connectivity index (χ4v) is 4.16. The number of hydrogen-bond donors (Lipinski definition) is 1. The molecule has 0 bridgehead atoms. The Balaban J connectivity index is 1.26. The van der Waals surface area contributed by atoms with Crippen LogP contribution in [0.15, 0.2) is 36.8 Å². The van der Waals surface area contributed by atoms with E-state index in [9.17, 15) is 4.79 Å². The van der Waals surface area contributed by atoms with Crippen LogP contribution >= 0.6 is 0 Å². The molecule has 2 fully saturated rings. The van der Waals surface area contributed by atoms with E-state index in [1.807, 2.05) is 12.4 Å². The Labute approximate surface area is 153 Å². The summed E-state index contributed by atoms with van der Waals surface area (Å²) in [6.07, 6.45) is 7.34. The minimum atomic E-state index is -0.0640. The fraction of sp³-hybridized carbons (Fsp3) is 0.526. The van der Waals surface area contributed by atoms with Crippen molar-refractivity contribution in [2.24, 2.45) is 13.0 Å². The van der Waals surface area contributed by atoms with Gasteiger partial charge in [-0.25, -0.2) is 0 Å². The summed E-state index contributed by atoms with van der Waals surface area (Å²) in [5, 5.41) is 7.05. The largest absolute Gasteiger partial charge is 0.372 e. The maximum atomic E-state index is 12.2. The Morgan fingerprint density at radius 3 is 2.85 bits per heavy atom. The first-order valence-corrected chi connectivity index (χ1v) is 9.18. The summed E-state index contributed by atoms with van der Waals surface area (Å²) in [4.78, 5) is 18.7. The lowest BCUT2D eigenvalue weighted by atomic mass is 9.78. The Hall–Kier alpha value is -2.25. The Bertz CT molecular complexity index is 754. The van der Waals surface area contributed by atoms with Crippen molar-refractivity contribution in [3.05, 3.63) is 48.0 Å². The van der Waals surface area contributed by atoms with Gasteiger partial charge in [0.15, 0.2) is 0 Å². The van der Waals surface area contributed by atoms with Crippen LogP contribution in [0.2, 0.25) is 0 Å². The van der Waals surface area contributed by atoms with Gasteiger partial charge in [0.1, 0.15) is 5.69 Å². The minimum absolute atomic E-state index is 0.0235. The Morgan fingerprint density at radius 2 is 2.12 bits per heavy atom. The first-order chi connectivity index (χ1) is 12.7. The highest BCUT2D eigenvalue weighted by Gasteiger charge is 2.52. The average Bonchev–Trinajstić information content (AvgIpc) is 3.22. The topological polar surface area (TPSA) is 72.3 Å². The summed E-state index contributed by atoms with van der Waals surface area (Å²) in [5.41, 5.74) is 1.85. The number of pyridine rings is 1. The van der Waals surface area contributed by atoms with Crippen LogP contribution in [-0.2, 0) is 18.3 Å². The van der Waals surface area contributed by atoms with E-state index in [-0.39, 0.29) is 11.5 Å². The van der Waals surface area contributed by atoms with E-state index in [1.54, 1.807) is 24.0 Å². The predicted molar refractivity (Wildman–Crippen MR) is 96.5 cm³/mol. The van der Waals surface area contributed by atoms with Gasteiger partial charge >= 0.3 is 0 Å². The second-order valence-electron chi connectivity index (χ2n) is 7.28. The van der Waals surface area contributed by atoms with Crippen LogP contribution in [0.5, 0.6) is 0 Å². The standard InChI is InChI=1S/C19H25N5O2/c1-23-17(5-10-22-23)18(25)21-9-4-16-6-11-26-19(16)13-24(14-19)12-15-2-7-20-8-3-15/h2-3,5,7-8,10,16H,4,6,9,11-14H2,1H3,(H,21,25). The van der Waals surface area contributed by atoms with E-state index in [1.165, 1.54) is 5.56 Å². The number of rotatable bonds is 6. The summed E-state index contributed by atoms with van der Waals surface area (Å²) in [6.45, 7) is 4.37. The third-order valence-corrected chi connectivity index (χ3v) is 5.57. The Morgan fingerprint density at radius 1 is 1.31 bits per heavy atom. The molecule has 2 saturated heterocycles. The van der Waals surface area contributed by atoms with E-state index in [4.69, 9.17) is 4.74 Å². The van der Waals surface area contributed by atoms with Gasteiger partial charge in [0, 0.05) is 58.4 Å². The molecule has 4 heterocycles. The molecule has 1 unspecified atom stereocenters. The number of carbonyl (C=O) groups excluding carboxylic acids is 1. The Kier molecular flexibility index (Phi) is 4.74. The summed E-state index contributed by atoms with van der Waals surface area (Å²) < 4.78 is 7.72. The zero-order valence-corrected chi connectivity index (χ0v) is 15.1. The van der Waals surface area contributed by atoms with Crippen LogP contribution in [0.4, 0.5) is 0 Å². The molecule has 138 valence electrons. The number of amides is 1. The highest BCUT2D eigenvalue weighted by atomic mass is 16.5. The molecular weight excluding hydrogens is 330 g/mol. The van der Waals surface area contributed by atoms with E-state index in [0.29, 0.717) is 18.2 Å². The molecule has 2 aromatic rings. The summed E-state index contributed by atoms with van der Waals surface area (Å²) in [5.74, 6) is 0.439. The van der Waals surface area contributed by atoms with Crippen LogP contribution < -0.4 is 5.32 Å². The normalized spacial score (nSPS) is 21.7. The third kappa shape index (κ3) is 3.37. The van der Waals surface area contributed by atoms with E-state index < -0.39 is 0 Å². The molecule has 4 rings (SSSR count). The van der Waals surface area contributed by atoms with Crippen LogP contribution in [0.1, 0.15) is 28.9 Å². The van der Waals surface area contributed by atoms with Crippen molar-refractivity contribution in [3.63, 3.8) is 0 Å². The summed E-state index contributed by atoms with van der Waals surface area (Å²) in [7, 11) is 1.78. The van der Waals surface area contributed by atoms with Gasteiger partial charge in [0.25, 0.3) is 5.91 Å². The van der Waals surface area contributed by atoms with Crippen LogP contribution in [0, 0.1) is 5.92 Å². The van der Waals surface area contributed by atoms with Crippen LogP contribution in [0.3, 0.4) is 0 Å². The highest BCUT2D eigenvalue weighted by molar-refractivity contribution is 5.92. The maximum absolute atomic E-state index is 12.2. The van der Waals surface area contributed by atoms with Crippen molar-refractivity contribution >= 4 is 5.91 Å². The van der Waals surface area contributed by atoms with Gasteiger partial charge in [0.2, 0.25) is 0 Å². The van der Waals surface area contributed by atoms with E-state index >= 15 is 0 Å². The first-order valence-electron chi connectivity index (χ1n) is 9.18. The number of nitrogens with one attached hydrogen (secondary N) is 1. The molecule has 1 amide bonds. The zero-order chi connectivity index (χ0) is 18.0. The number of carbonyl (C=O) groups is 1. The quantitative estimate of drug-likeness (QED) is 0.844. The van der Waals surface area contributed by atoms with Crippen molar-refractivity contribution in [2.75, 3.05) is 26.2 Å². The molecule has 0 radical (unpaired) electrons. The molecular formula is C19H25N5O2. The zero-order valence-electron chi connectivity index (χ0n) is 15.1. The molecule has 0 aliphatic carbocycles. The van der Waals surface area contributed by atoms with Gasteiger partial charge in [-0.05, 0) is 42.5 Å². The van der Waals surface area contributed by atoms with Gasteiger partial charge in [-0.2, -0.15) is 5.10 Å². The SMILES string of the molecule is Cn1nccc1C(=O)NCCC1CCOC12CN(Cc1ccncc1)C2. The second-order valence-corrected chi connectivity index (χ2v) is 7.28. The lowest BCUT2D eigenvalue weighted by molar-refractivity contribution is -0.136. The molecule has 7 nitrogen and oxygen atoms in total. The molecule has 1 N–H and O–H groups in total. The predicted octanol–water partition coefficient (Wildman–Crippen LogP) is 1.23. The average molecular weight is 355 g/mol. The lowest BCUT2D eigenvalue weighted by Crippen LogP contribution is -2.64. The van der Waals surface area contributed by atoms with E-state index in [0.717, 1.165) is 39.1 Å². The molecule has 1 atom stereocenters. The van der Waals surface area contributed by atoms with Gasteiger partial charge in [-0.3, -0.25) is 19.4 Å². The van der Waals surface area contributed by atoms with Crippen LogP contribution in [0.25, 0.3) is 0 Å². The number of likely N-dealkylation sites (tertiary alicyclic amines) is 1. The second kappa shape index (κ2) is 7.17. The number of hydrogen-bond acceptors (Lipinski definition) is 5. The van der Waals surface area contributed by atoms with Gasteiger partial charge in [0.05, 0.1) is 5.60 Å². The molecule has 1 spiro atoms. The van der Waals surface area contributed by atoms with Crippen molar-refractivity contribution < 1.29 is 9.53 Å².